The lowest BCUT2D eigenvalue weighted by atomic mass is 9.72. The van der Waals surface area contributed by atoms with Gasteiger partial charge in [-0.05, 0) is 24.8 Å². The third-order valence-electron chi connectivity index (χ3n) is 3.41. The quantitative estimate of drug-likeness (QED) is 0.859. The minimum absolute atomic E-state index is 0.181. The fraction of sp³-hybridized carbons (Fsp3) is 0.500. The minimum Gasteiger partial charge on any atom is -0.445 e. The summed E-state index contributed by atoms with van der Waals surface area (Å²) < 4.78 is 17.6. The monoisotopic (exact) mass is 267 g/mol. The summed E-state index contributed by atoms with van der Waals surface area (Å²) in [6.07, 6.45) is -0.0377. The van der Waals surface area contributed by atoms with Crippen molar-refractivity contribution < 1.29 is 19.0 Å². The fourth-order valence-corrected chi connectivity index (χ4v) is 2.37. The summed E-state index contributed by atoms with van der Waals surface area (Å²) >= 11 is 0. The van der Waals surface area contributed by atoms with Crippen LogP contribution in [0.5, 0.6) is 0 Å². The summed E-state index contributed by atoms with van der Waals surface area (Å²) in [4.78, 5) is 11.7. The van der Waals surface area contributed by atoms with Crippen molar-refractivity contribution >= 4 is 6.09 Å². The normalized spacial score (nSPS) is 25.5. The zero-order valence-corrected chi connectivity index (χ0v) is 10.6. The second-order valence-corrected chi connectivity index (χ2v) is 4.97. The number of carbonyl (C=O) groups is 1. The topological polar surface area (TPSA) is 58.6 Å². The van der Waals surface area contributed by atoms with Crippen molar-refractivity contribution in [2.24, 2.45) is 0 Å². The SMILES string of the molecule is O=C(NC1(CCF)CC(O)C1)OCc1ccccc1. The van der Waals surface area contributed by atoms with Gasteiger partial charge in [-0.25, -0.2) is 4.79 Å². The molecule has 0 saturated heterocycles. The van der Waals surface area contributed by atoms with Crippen molar-refractivity contribution in [1.82, 2.24) is 5.32 Å². The van der Waals surface area contributed by atoms with Gasteiger partial charge >= 0.3 is 6.09 Å². The van der Waals surface area contributed by atoms with Gasteiger partial charge in [0, 0.05) is 0 Å². The zero-order valence-electron chi connectivity index (χ0n) is 10.6. The maximum absolute atomic E-state index is 12.5. The number of ether oxygens (including phenoxy) is 1. The predicted octanol–water partition coefficient (Wildman–Crippen LogP) is 2.17. The minimum atomic E-state index is -0.637. The molecule has 2 N–H and O–H groups in total. The molecule has 0 unspecified atom stereocenters. The number of halogens is 1. The van der Waals surface area contributed by atoms with Crippen LogP contribution >= 0.6 is 0 Å². The van der Waals surface area contributed by atoms with Crippen LogP contribution < -0.4 is 5.32 Å². The van der Waals surface area contributed by atoms with E-state index in [0.29, 0.717) is 12.8 Å². The molecule has 0 atom stereocenters. The Bertz CT molecular complexity index is 412. The molecule has 0 aliphatic heterocycles. The van der Waals surface area contributed by atoms with Gasteiger partial charge in [0.25, 0.3) is 0 Å². The van der Waals surface area contributed by atoms with Crippen LogP contribution in [-0.4, -0.2) is 29.5 Å². The van der Waals surface area contributed by atoms with Gasteiger partial charge in [-0.1, -0.05) is 30.3 Å². The van der Waals surface area contributed by atoms with E-state index in [1.807, 2.05) is 30.3 Å². The van der Waals surface area contributed by atoms with E-state index in [-0.39, 0.29) is 13.0 Å². The first-order valence-corrected chi connectivity index (χ1v) is 6.36. The van der Waals surface area contributed by atoms with Gasteiger partial charge < -0.3 is 15.2 Å². The number of hydrogen-bond donors (Lipinski definition) is 2. The summed E-state index contributed by atoms with van der Waals surface area (Å²) in [6.45, 7) is -0.341. The summed E-state index contributed by atoms with van der Waals surface area (Å²) in [5.74, 6) is 0. The van der Waals surface area contributed by atoms with Crippen LogP contribution in [0.15, 0.2) is 30.3 Å². The molecule has 5 heteroatoms. The third kappa shape index (κ3) is 3.67. The van der Waals surface area contributed by atoms with Crippen LogP contribution in [0.3, 0.4) is 0 Å². The maximum atomic E-state index is 12.5. The van der Waals surface area contributed by atoms with E-state index in [0.717, 1.165) is 5.56 Å². The van der Waals surface area contributed by atoms with E-state index in [2.05, 4.69) is 5.32 Å². The van der Waals surface area contributed by atoms with Crippen LogP contribution in [-0.2, 0) is 11.3 Å². The summed E-state index contributed by atoms with van der Waals surface area (Å²) in [7, 11) is 0. The summed E-state index contributed by atoms with van der Waals surface area (Å²) in [6, 6.07) is 9.33. The van der Waals surface area contributed by atoms with Crippen molar-refractivity contribution in [2.45, 2.75) is 37.5 Å². The number of amides is 1. The third-order valence-corrected chi connectivity index (χ3v) is 3.41. The van der Waals surface area contributed by atoms with Crippen LogP contribution in [0, 0.1) is 0 Å². The van der Waals surface area contributed by atoms with Crippen LogP contribution in [0.25, 0.3) is 0 Å². The molecule has 1 aromatic carbocycles. The molecule has 1 fully saturated rings. The highest BCUT2D eigenvalue weighted by atomic mass is 19.1. The highest BCUT2D eigenvalue weighted by Gasteiger charge is 2.44. The first kappa shape index (κ1) is 13.8. The smallest absolute Gasteiger partial charge is 0.407 e. The van der Waals surface area contributed by atoms with Crippen LogP contribution in [0.2, 0.25) is 0 Å². The van der Waals surface area contributed by atoms with Gasteiger partial charge in [0.1, 0.15) is 6.61 Å². The van der Waals surface area contributed by atoms with Gasteiger partial charge in [-0.15, -0.1) is 0 Å². The number of hydrogen-bond acceptors (Lipinski definition) is 3. The molecular weight excluding hydrogens is 249 g/mol. The number of nitrogens with one attached hydrogen (secondary N) is 1. The molecule has 104 valence electrons. The number of benzene rings is 1. The lowest BCUT2D eigenvalue weighted by molar-refractivity contribution is -0.00634. The summed E-state index contributed by atoms with van der Waals surface area (Å²) in [5, 5.41) is 12.0. The lowest BCUT2D eigenvalue weighted by Gasteiger charge is -2.45. The van der Waals surface area contributed by atoms with Crippen LogP contribution in [0.1, 0.15) is 24.8 Å². The van der Waals surface area contributed by atoms with E-state index in [4.69, 9.17) is 4.74 Å². The first-order chi connectivity index (χ1) is 9.13. The average Bonchev–Trinajstić information content (AvgIpc) is 2.36. The van der Waals surface area contributed by atoms with Gasteiger partial charge in [-0.3, -0.25) is 4.39 Å². The average molecular weight is 267 g/mol. The van der Waals surface area contributed by atoms with E-state index in [1.165, 1.54) is 0 Å². The molecule has 1 aromatic rings. The molecule has 0 radical (unpaired) electrons. The first-order valence-electron chi connectivity index (χ1n) is 6.36. The van der Waals surface area contributed by atoms with Gasteiger partial charge in [0.2, 0.25) is 0 Å². The van der Waals surface area contributed by atoms with Crippen LogP contribution in [0.4, 0.5) is 9.18 Å². The standard InChI is InChI=1S/C14H18FNO3/c15-7-6-14(8-12(17)9-14)16-13(18)19-10-11-4-2-1-3-5-11/h1-5,12,17H,6-10H2,(H,16,18). The van der Waals surface area contributed by atoms with Crippen molar-refractivity contribution in [2.75, 3.05) is 6.67 Å². The highest BCUT2D eigenvalue weighted by molar-refractivity contribution is 5.68. The molecule has 19 heavy (non-hydrogen) atoms. The van der Waals surface area contributed by atoms with Crippen molar-refractivity contribution in [3.63, 3.8) is 0 Å². The second-order valence-electron chi connectivity index (χ2n) is 4.97. The molecule has 2 rings (SSSR count). The van der Waals surface area contributed by atoms with E-state index < -0.39 is 24.4 Å². The molecular formula is C14H18FNO3. The molecule has 1 saturated carbocycles. The Labute approximate surface area is 111 Å². The van der Waals surface area contributed by atoms with Gasteiger partial charge in [-0.2, -0.15) is 0 Å². The van der Waals surface area contributed by atoms with Crippen molar-refractivity contribution in [3.8, 4) is 0 Å². The highest BCUT2D eigenvalue weighted by Crippen LogP contribution is 2.35. The Morgan fingerprint density at radius 3 is 2.68 bits per heavy atom. The Morgan fingerprint density at radius 1 is 1.42 bits per heavy atom. The number of alkyl halides is 1. The Hall–Kier alpha value is -1.62. The molecule has 0 aromatic heterocycles. The van der Waals surface area contributed by atoms with E-state index in [1.54, 1.807) is 0 Å². The van der Waals surface area contributed by atoms with Gasteiger partial charge in [0.15, 0.2) is 0 Å². The fourth-order valence-electron chi connectivity index (χ4n) is 2.37. The molecule has 4 nitrogen and oxygen atoms in total. The molecule has 0 spiro atoms. The Morgan fingerprint density at radius 2 is 2.11 bits per heavy atom. The van der Waals surface area contributed by atoms with Crippen molar-refractivity contribution in [1.29, 1.82) is 0 Å². The molecule has 1 aliphatic rings. The van der Waals surface area contributed by atoms with Crippen molar-refractivity contribution in [3.05, 3.63) is 35.9 Å². The molecule has 0 heterocycles. The lowest BCUT2D eigenvalue weighted by Crippen LogP contribution is -2.59. The van der Waals surface area contributed by atoms with E-state index in [9.17, 15) is 14.3 Å². The number of rotatable bonds is 5. The number of alkyl carbamates (subject to hydrolysis) is 1. The summed E-state index contributed by atoms with van der Waals surface area (Å²) in [5.41, 5.74) is 0.257. The molecule has 0 bridgehead atoms. The van der Waals surface area contributed by atoms with Gasteiger partial charge in [0.05, 0.1) is 18.3 Å². The maximum Gasteiger partial charge on any atom is 0.407 e. The number of carbonyl (C=O) groups excluding carboxylic acids is 1. The predicted molar refractivity (Wildman–Crippen MR) is 68.3 cm³/mol. The Kier molecular flexibility index (Phi) is 4.37. The Balaban J connectivity index is 1.80. The number of aliphatic hydroxyl groups is 1. The number of aliphatic hydroxyl groups excluding tert-OH is 1. The molecule has 1 aliphatic carbocycles. The second kappa shape index (κ2) is 6.02. The molecule has 1 amide bonds. The largest absolute Gasteiger partial charge is 0.445 e. The zero-order chi connectivity index (χ0) is 13.7. The van der Waals surface area contributed by atoms with E-state index >= 15 is 0 Å².